The lowest BCUT2D eigenvalue weighted by Gasteiger charge is -2.21. The van der Waals surface area contributed by atoms with Crippen LogP contribution in [0.1, 0.15) is 84.2 Å². The summed E-state index contributed by atoms with van der Waals surface area (Å²) < 4.78 is 17.6. The van der Waals surface area contributed by atoms with Crippen molar-refractivity contribution >= 4 is 17.6 Å². The molecule has 1 unspecified atom stereocenters. The lowest BCUT2D eigenvalue weighted by atomic mass is 10.0. The molecule has 4 atom stereocenters. The Kier molecular flexibility index (Phi) is 9.10. The number of rotatable bonds is 11. The fourth-order valence-corrected chi connectivity index (χ4v) is 5.87. The number of anilines is 1. The molecule has 0 bridgehead atoms. The van der Waals surface area contributed by atoms with Gasteiger partial charge in [-0.1, -0.05) is 12.1 Å². The number of nitrogens with one attached hydrogen (secondary N) is 1. The van der Waals surface area contributed by atoms with Crippen molar-refractivity contribution in [1.29, 1.82) is 0 Å². The van der Waals surface area contributed by atoms with Crippen molar-refractivity contribution in [1.82, 2.24) is 5.32 Å². The molecule has 222 valence electrons. The quantitative estimate of drug-likeness (QED) is 0.317. The average Bonchev–Trinajstić information content (AvgIpc) is 3.44. The average molecular weight is 563 g/mol. The van der Waals surface area contributed by atoms with Gasteiger partial charge in [0.25, 0.3) is 0 Å². The molecule has 7 heteroatoms. The van der Waals surface area contributed by atoms with Crippen LogP contribution in [0.4, 0.5) is 5.69 Å². The Morgan fingerprint density at radius 3 is 2.29 bits per heavy atom. The molecular formula is C34H46N2O5. The first-order valence-electron chi connectivity index (χ1n) is 15.4. The van der Waals surface area contributed by atoms with E-state index < -0.39 is 5.60 Å². The zero-order valence-corrected chi connectivity index (χ0v) is 25.1. The highest BCUT2D eigenvalue weighted by Gasteiger charge is 2.33. The lowest BCUT2D eigenvalue weighted by Crippen LogP contribution is -2.32. The van der Waals surface area contributed by atoms with Crippen molar-refractivity contribution in [2.45, 2.75) is 90.4 Å². The fourth-order valence-electron chi connectivity index (χ4n) is 5.87. The molecular weight excluding hydrogens is 516 g/mol. The lowest BCUT2D eigenvalue weighted by molar-refractivity contribution is -0.156. The largest absolute Gasteiger partial charge is 0.493 e. The van der Waals surface area contributed by atoms with Gasteiger partial charge in [0.2, 0.25) is 5.91 Å². The SMILES string of the molecule is C[C@H](NC(=O)C1CC[C@@H](CC(=O)OC(C)(C)C)C1)c1ccc(O[C@@H]2CCN(c3ccc(OCC4CC4)cc3)C2)cc1. The molecule has 1 aliphatic heterocycles. The van der Waals surface area contributed by atoms with E-state index in [0.29, 0.717) is 6.42 Å². The van der Waals surface area contributed by atoms with Crippen LogP contribution in [0.2, 0.25) is 0 Å². The molecule has 1 saturated heterocycles. The second kappa shape index (κ2) is 12.7. The Hall–Kier alpha value is -3.22. The summed E-state index contributed by atoms with van der Waals surface area (Å²) in [6.45, 7) is 10.3. The highest BCUT2D eigenvalue weighted by molar-refractivity contribution is 5.79. The molecule has 0 spiro atoms. The number of nitrogens with zero attached hydrogens (tertiary/aromatic N) is 1. The van der Waals surface area contributed by atoms with Crippen molar-refractivity contribution in [3.05, 3.63) is 54.1 Å². The van der Waals surface area contributed by atoms with Crippen molar-refractivity contribution in [2.75, 3.05) is 24.6 Å². The number of hydrogen-bond acceptors (Lipinski definition) is 6. The van der Waals surface area contributed by atoms with E-state index in [2.05, 4.69) is 34.5 Å². The van der Waals surface area contributed by atoms with Crippen molar-refractivity contribution in [3.63, 3.8) is 0 Å². The zero-order chi connectivity index (χ0) is 29.0. The first kappa shape index (κ1) is 29.3. The van der Waals surface area contributed by atoms with Gasteiger partial charge in [-0.05, 0) is 114 Å². The van der Waals surface area contributed by atoms with E-state index in [1.165, 1.54) is 18.5 Å². The Morgan fingerprint density at radius 1 is 0.927 bits per heavy atom. The van der Waals surface area contributed by atoms with E-state index >= 15 is 0 Å². The number of esters is 1. The van der Waals surface area contributed by atoms with Crippen LogP contribution in [0.3, 0.4) is 0 Å². The Bertz CT molecular complexity index is 1170. The van der Waals surface area contributed by atoms with Gasteiger partial charge >= 0.3 is 5.97 Å². The molecule has 2 aromatic rings. The molecule has 3 aliphatic rings. The van der Waals surface area contributed by atoms with Crippen LogP contribution in [0.25, 0.3) is 0 Å². The minimum Gasteiger partial charge on any atom is -0.493 e. The molecule has 0 aromatic heterocycles. The van der Waals surface area contributed by atoms with Crippen LogP contribution in [-0.2, 0) is 14.3 Å². The first-order chi connectivity index (χ1) is 19.6. The van der Waals surface area contributed by atoms with Gasteiger partial charge in [-0.2, -0.15) is 0 Å². The van der Waals surface area contributed by atoms with Crippen LogP contribution in [0, 0.1) is 17.8 Å². The van der Waals surface area contributed by atoms with E-state index in [0.717, 1.165) is 68.4 Å². The summed E-state index contributed by atoms with van der Waals surface area (Å²) >= 11 is 0. The maximum atomic E-state index is 13.0. The van der Waals surface area contributed by atoms with Gasteiger partial charge < -0.3 is 24.4 Å². The normalized spacial score (nSPS) is 23.2. The topological polar surface area (TPSA) is 77.1 Å². The van der Waals surface area contributed by atoms with Gasteiger partial charge in [-0.25, -0.2) is 0 Å². The molecule has 41 heavy (non-hydrogen) atoms. The van der Waals surface area contributed by atoms with Gasteiger partial charge in [0.1, 0.15) is 23.2 Å². The number of benzene rings is 2. The van der Waals surface area contributed by atoms with Crippen LogP contribution in [0.15, 0.2) is 48.5 Å². The van der Waals surface area contributed by atoms with Gasteiger partial charge in [0.05, 0.1) is 19.2 Å². The summed E-state index contributed by atoms with van der Waals surface area (Å²) in [6.07, 6.45) is 6.54. The highest BCUT2D eigenvalue weighted by Crippen LogP contribution is 2.35. The number of hydrogen-bond donors (Lipinski definition) is 1. The molecule has 2 saturated carbocycles. The predicted octanol–water partition coefficient (Wildman–Crippen LogP) is 6.46. The van der Waals surface area contributed by atoms with Gasteiger partial charge in [-0.15, -0.1) is 0 Å². The van der Waals surface area contributed by atoms with Gasteiger partial charge in [0, 0.05) is 31.0 Å². The van der Waals surface area contributed by atoms with Crippen LogP contribution < -0.4 is 19.7 Å². The van der Waals surface area contributed by atoms with Crippen molar-refractivity contribution in [3.8, 4) is 11.5 Å². The number of amides is 1. The second-order valence-corrected chi connectivity index (χ2v) is 13.2. The minimum absolute atomic E-state index is 0.0516. The maximum absolute atomic E-state index is 13.0. The van der Waals surface area contributed by atoms with E-state index in [-0.39, 0.29) is 35.9 Å². The van der Waals surface area contributed by atoms with E-state index in [4.69, 9.17) is 14.2 Å². The summed E-state index contributed by atoms with van der Waals surface area (Å²) in [6, 6.07) is 16.4. The minimum atomic E-state index is -0.475. The standard InChI is InChI=1S/C34H46N2O5/c1-23(35-33(38)27-8-7-25(19-27)20-32(37)41-34(2,3)4)26-9-13-30(14-10-26)40-31-17-18-36(21-31)28-11-15-29(16-12-28)39-22-24-5-6-24/h9-16,23-25,27,31H,5-8,17-22H2,1-4H3,(H,35,38)/t23-,25+,27?,31+/m0/s1. The Balaban J connectivity index is 1.04. The number of carbonyl (C=O) groups is 2. The smallest absolute Gasteiger partial charge is 0.306 e. The zero-order valence-electron chi connectivity index (χ0n) is 25.1. The molecule has 7 nitrogen and oxygen atoms in total. The van der Waals surface area contributed by atoms with Gasteiger partial charge in [0.15, 0.2) is 0 Å². The number of carbonyl (C=O) groups excluding carboxylic acids is 2. The summed E-state index contributed by atoms with van der Waals surface area (Å²) in [5.74, 6) is 2.61. The third kappa shape index (κ3) is 8.64. The molecule has 1 N–H and O–H groups in total. The number of ether oxygens (including phenoxy) is 3. The third-order valence-electron chi connectivity index (χ3n) is 8.36. The monoisotopic (exact) mass is 562 g/mol. The summed E-state index contributed by atoms with van der Waals surface area (Å²) in [5.41, 5.74) is 1.77. The summed E-state index contributed by atoms with van der Waals surface area (Å²) in [4.78, 5) is 27.5. The van der Waals surface area contributed by atoms with E-state index in [1.807, 2.05) is 52.0 Å². The van der Waals surface area contributed by atoms with Crippen molar-refractivity contribution in [2.24, 2.45) is 17.8 Å². The first-order valence-corrected chi connectivity index (χ1v) is 15.4. The highest BCUT2D eigenvalue weighted by atomic mass is 16.6. The molecule has 2 aromatic carbocycles. The van der Waals surface area contributed by atoms with Crippen LogP contribution >= 0.6 is 0 Å². The Labute approximate surface area is 244 Å². The molecule has 5 rings (SSSR count). The predicted molar refractivity (Wildman–Crippen MR) is 160 cm³/mol. The molecule has 0 radical (unpaired) electrons. The fraction of sp³-hybridized carbons (Fsp3) is 0.588. The molecule has 2 aliphatic carbocycles. The maximum Gasteiger partial charge on any atom is 0.306 e. The van der Waals surface area contributed by atoms with Crippen LogP contribution in [0.5, 0.6) is 11.5 Å². The second-order valence-electron chi connectivity index (χ2n) is 13.2. The van der Waals surface area contributed by atoms with E-state index in [1.54, 1.807) is 0 Å². The summed E-state index contributed by atoms with van der Waals surface area (Å²) in [7, 11) is 0. The van der Waals surface area contributed by atoms with Crippen molar-refractivity contribution < 1.29 is 23.8 Å². The van der Waals surface area contributed by atoms with Gasteiger partial charge in [-0.3, -0.25) is 9.59 Å². The Morgan fingerprint density at radius 2 is 1.61 bits per heavy atom. The molecule has 1 amide bonds. The molecule has 1 heterocycles. The van der Waals surface area contributed by atoms with E-state index in [9.17, 15) is 9.59 Å². The third-order valence-corrected chi connectivity index (χ3v) is 8.36. The summed E-state index contributed by atoms with van der Waals surface area (Å²) in [5, 5.41) is 3.18. The molecule has 3 fully saturated rings. The van der Waals surface area contributed by atoms with Crippen LogP contribution in [-0.4, -0.2) is 43.3 Å².